The standard InChI is InChI=1S/C21H28N4O10S/c22-12(7-10-1-3-11(26)4-2-10)18(31)23-13(5-6-16(27)28)19(32)25-15(9-36)20(33)24-14(21(34)35)8-17(29)30/h1-4,12-15,26,36H,5-9,22H2,(H,23,31)(H,24,33)(H,25,32)(H,27,28)(H,29,30)(H,34,35). The van der Waals surface area contributed by atoms with Gasteiger partial charge in [0.2, 0.25) is 17.7 Å². The molecule has 0 heterocycles. The smallest absolute Gasteiger partial charge is 0.326 e. The van der Waals surface area contributed by atoms with Gasteiger partial charge in [-0.25, -0.2) is 4.79 Å². The van der Waals surface area contributed by atoms with Crippen molar-refractivity contribution in [2.24, 2.45) is 5.73 Å². The Hall–Kier alpha value is -3.85. The molecule has 0 bridgehead atoms. The van der Waals surface area contributed by atoms with E-state index in [0.29, 0.717) is 5.56 Å². The lowest BCUT2D eigenvalue weighted by Crippen LogP contribution is -2.58. The van der Waals surface area contributed by atoms with Crippen LogP contribution in [0, 0.1) is 0 Å². The van der Waals surface area contributed by atoms with E-state index in [-0.39, 0.29) is 24.3 Å². The van der Waals surface area contributed by atoms with Crippen molar-refractivity contribution < 1.29 is 49.2 Å². The molecule has 0 fully saturated rings. The first-order valence-corrected chi connectivity index (χ1v) is 11.2. The van der Waals surface area contributed by atoms with Gasteiger partial charge in [-0.2, -0.15) is 12.6 Å². The molecule has 0 aliphatic heterocycles. The number of carboxylic acids is 3. The Morgan fingerprint density at radius 2 is 1.33 bits per heavy atom. The zero-order valence-corrected chi connectivity index (χ0v) is 19.8. The number of benzene rings is 1. The van der Waals surface area contributed by atoms with Crippen LogP contribution in [0.25, 0.3) is 0 Å². The number of carbonyl (C=O) groups is 6. The molecule has 1 aromatic rings. The molecular weight excluding hydrogens is 500 g/mol. The van der Waals surface area contributed by atoms with E-state index >= 15 is 0 Å². The highest BCUT2D eigenvalue weighted by molar-refractivity contribution is 7.80. The summed E-state index contributed by atoms with van der Waals surface area (Å²) < 4.78 is 0. The van der Waals surface area contributed by atoms with Crippen molar-refractivity contribution in [1.29, 1.82) is 0 Å². The molecular formula is C21H28N4O10S. The van der Waals surface area contributed by atoms with Crippen LogP contribution in [0.15, 0.2) is 24.3 Å². The van der Waals surface area contributed by atoms with Crippen molar-refractivity contribution in [2.75, 3.05) is 5.75 Å². The molecule has 4 atom stereocenters. The summed E-state index contributed by atoms with van der Waals surface area (Å²) in [6.45, 7) is 0. The van der Waals surface area contributed by atoms with Gasteiger partial charge in [-0.05, 0) is 30.5 Å². The van der Waals surface area contributed by atoms with Crippen LogP contribution in [-0.4, -0.2) is 86.0 Å². The molecule has 0 radical (unpaired) electrons. The van der Waals surface area contributed by atoms with E-state index in [2.05, 4.69) is 23.3 Å². The Bertz CT molecular complexity index is 972. The van der Waals surface area contributed by atoms with Gasteiger partial charge in [0.05, 0.1) is 12.5 Å². The number of hydrogen-bond donors (Lipinski definition) is 9. The molecule has 0 saturated heterocycles. The molecule has 198 valence electrons. The second kappa shape index (κ2) is 14.5. The van der Waals surface area contributed by atoms with Crippen LogP contribution in [0.2, 0.25) is 0 Å². The van der Waals surface area contributed by atoms with E-state index in [4.69, 9.17) is 21.1 Å². The first-order valence-electron chi connectivity index (χ1n) is 10.6. The predicted octanol–water partition coefficient (Wildman–Crippen LogP) is -1.93. The number of aromatic hydroxyl groups is 1. The molecule has 1 aromatic carbocycles. The number of amides is 3. The third kappa shape index (κ3) is 10.6. The lowest BCUT2D eigenvalue weighted by molar-refractivity contribution is -0.147. The Morgan fingerprint density at radius 3 is 1.83 bits per heavy atom. The fourth-order valence-corrected chi connectivity index (χ4v) is 3.16. The molecule has 14 nitrogen and oxygen atoms in total. The van der Waals surface area contributed by atoms with Crippen LogP contribution in [0.3, 0.4) is 0 Å². The van der Waals surface area contributed by atoms with E-state index < -0.39 is 72.6 Å². The molecule has 0 spiro atoms. The zero-order valence-electron chi connectivity index (χ0n) is 18.9. The maximum atomic E-state index is 12.8. The molecule has 3 amide bonds. The van der Waals surface area contributed by atoms with Crippen LogP contribution in [0.1, 0.15) is 24.8 Å². The van der Waals surface area contributed by atoms with Crippen LogP contribution >= 0.6 is 12.6 Å². The average Bonchev–Trinajstić information content (AvgIpc) is 2.80. The van der Waals surface area contributed by atoms with E-state index in [1.54, 1.807) is 12.1 Å². The Morgan fingerprint density at radius 1 is 0.806 bits per heavy atom. The van der Waals surface area contributed by atoms with Gasteiger partial charge in [0, 0.05) is 12.2 Å². The lowest BCUT2D eigenvalue weighted by Gasteiger charge is -2.24. The van der Waals surface area contributed by atoms with Gasteiger partial charge in [-0.15, -0.1) is 0 Å². The molecule has 36 heavy (non-hydrogen) atoms. The third-order valence-electron chi connectivity index (χ3n) is 4.82. The van der Waals surface area contributed by atoms with E-state index in [1.807, 2.05) is 5.32 Å². The number of aliphatic carboxylic acids is 3. The first-order chi connectivity index (χ1) is 16.8. The summed E-state index contributed by atoms with van der Waals surface area (Å²) in [5.41, 5.74) is 6.50. The minimum atomic E-state index is -1.77. The number of hydrogen-bond acceptors (Lipinski definition) is 9. The maximum Gasteiger partial charge on any atom is 0.326 e. The number of carboxylic acid groups (broad SMARTS) is 3. The molecule has 0 aromatic heterocycles. The van der Waals surface area contributed by atoms with Gasteiger partial charge >= 0.3 is 17.9 Å². The number of phenolic OH excluding ortho intramolecular Hbond substituents is 1. The first kappa shape index (κ1) is 30.2. The predicted molar refractivity (Wildman–Crippen MR) is 126 cm³/mol. The number of nitrogens with one attached hydrogen (secondary N) is 3. The summed E-state index contributed by atoms with van der Waals surface area (Å²) in [7, 11) is 0. The molecule has 0 saturated carbocycles. The van der Waals surface area contributed by atoms with Crippen LogP contribution in [-0.2, 0) is 35.2 Å². The van der Waals surface area contributed by atoms with Crippen LogP contribution in [0.5, 0.6) is 5.75 Å². The SMILES string of the molecule is NC(Cc1ccc(O)cc1)C(=O)NC(CCC(=O)O)C(=O)NC(CS)C(=O)NC(CC(=O)O)C(=O)O. The van der Waals surface area contributed by atoms with Gasteiger partial charge in [0.15, 0.2) is 0 Å². The number of thiol groups is 1. The maximum absolute atomic E-state index is 12.8. The minimum absolute atomic E-state index is 0.0163. The van der Waals surface area contributed by atoms with Crippen molar-refractivity contribution in [3.8, 4) is 5.75 Å². The van der Waals surface area contributed by atoms with Crippen molar-refractivity contribution >= 4 is 48.3 Å². The normalized spacial score (nSPS) is 13.9. The van der Waals surface area contributed by atoms with Crippen molar-refractivity contribution in [3.63, 3.8) is 0 Å². The summed E-state index contributed by atoms with van der Waals surface area (Å²) in [6, 6.07) is 0.147. The number of rotatable bonds is 15. The third-order valence-corrected chi connectivity index (χ3v) is 5.18. The summed E-state index contributed by atoms with van der Waals surface area (Å²) in [6.07, 6.45) is -1.73. The number of nitrogens with two attached hydrogens (primary N) is 1. The fourth-order valence-electron chi connectivity index (χ4n) is 2.91. The highest BCUT2D eigenvalue weighted by atomic mass is 32.1. The Labute approximate surface area is 210 Å². The second-order valence-corrected chi connectivity index (χ2v) is 8.08. The van der Waals surface area contributed by atoms with Gasteiger partial charge < -0.3 is 42.1 Å². The van der Waals surface area contributed by atoms with E-state index in [0.717, 1.165) is 0 Å². The monoisotopic (exact) mass is 528 g/mol. The average molecular weight is 529 g/mol. The largest absolute Gasteiger partial charge is 0.508 e. The summed E-state index contributed by atoms with van der Waals surface area (Å²) in [5, 5.41) is 42.7. The second-order valence-electron chi connectivity index (χ2n) is 7.71. The topological polar surface area (TPSA) is 245 Å². The molecule has 9 N–H and O–H groups in total. The summed E-state index contributed by atoms with van der Waals surface area (Å²) in [5.74, 6) is -7.43. The highest BCUT2D eigenvalue weighted by Crippen LogP contribution is 2.11. The van der Waals surface area contributed by atoms with Crippen molar-refractivity contribution in [1.82, 2.24) is 16.0 Å². The quantitative estimate of drug-likeness (QED) is 0.113. The van der Waals surface area contributed by atoms with E-state index in [9.17, 15) is 33.9 Å². The Balaban J connectivity index is 2.89. The van der Waals surface area contributed by atoms with Gasteiger partial charge in [-0.1, -0.05) is 12.1 Å². The lowest BCUT2D eigenvalue weighted by atomic mass is 10.0. The molecule has 0 aliphatic carbocycles. The number of phenols is 1. The van der Waals surface area contributed by atoms with Crippen LogP contribution < -0.4 is 21.7 Å². The minimum Gasteiger partial charge on any atom is -0.508 e. The van der Waals surface area contributed by atoms with E-state index in [1.165, 1.54) is 12.1 Å². The van der Waals surface area contributed by atoms with Gasteiger partial charge in [-0.3, -0.25) is 24.0 Å². The summed E-state index contributed by atoms with van der Waals surface area (Å²) in [4.78, 5) is 70.7. The Kier molecular flexibility index (Phi) is 12.2. The fraction of sp³-hybridized carbons (Fsp3) is 0.429. The van der Waals surface area contributed by atoms with Gasteiger partial charge in [0.25, 0.3) is 0 Å². The molecule has 0 aliphatic rings. The van der Waals surface area contributed by atoms with Crippen molar-refractivity contribution in [3.05, 3.63) is 29.8 Å². The van der Waals surface area contributed by atoms with Gasteiger partial charge in [0.1, 0.15) is 23.9 Å². The number of carbonyl (C=O) groups excluding carboxylic acids is 3. The van der Waals surface area contributed by atoms with Crippen molar-refractivity contribution in [2.45, 2.75) is 49.9 Å². The summed E-state index contributed by atoms with van der Waals surface area (Å²) >= 11 is 3.93. The molecule has 4 unspecified atom stereocenters. The highest BCUT2D eigenvalue weighted by Gasteiger charge is 2.30. The van der Waals surface area contributed by atoms with Crippen LogP contribution in [0.4, 0.5) is 0 Å². The molecule has 1 rings (SSSR count). The molecule has 15 heteroatoms. The zero-order chi connectivity index (χ0) is 27.4.